The van der Waals surface area contributed by atoms with Gasteiger partial charge in [-0.25, -0.2) is 0 Å². The van der Waals surface area contributed by atoms with E-state index in [1.54, 1.807) is 62.8 Å². The van der Waals surface area contributed by atoms with E-state index in [1.165, 1.54) is 0 Å². The van der Waals surface area contributed by atoms with Gasteiger partial charge in [-0.05, 0) is 24.3 Å². The Hall–Kier alpha value is 0.526. The molecule has 2 rings (SSSR count). The molecule has 0 aromatic heterocycles. The number of hydrogen-bond donors (Lipinski definition) is 4. The maximum atomic E-state index is 8.70. The minimum Gasteiger partial charge on any atom is -0.497 e. The second-order valence-corrected chi connectivity index (χ2v) is 4.29. The summed E-state index contributed by atoms with van der Waals surface area (Å²) >= 11 is 0. The molecule has 10 N–H and O–H groups in total. The van der Waals surface area contributed by atoms with Gasteiger partial charge in [0.05, 0.1) is 14.2 Å². The van der Waals surface area contributed by atoms with E-state index in [0.29, 0.717) is 22.6 Å². The molecule has 0 heterocycles. The summed E-state index contributed by atoms with van der Waals surface area (Å²) in [5.74, 6) is 1.41. The van der Waals surface area contributed by atoms with Crippen LogP contribution in [0.1, 0.15) is 23.7 Å². The molecule has 2 aromatic rings. The molecular weight excluding hydrogens is 673 g/mol. The molecule has 0 aliphatic heterocycles. The average Bonchev–Trinajstić information content (AvgIpc) is 2.55. The van der Waals surface area contributed by atoms with Crippen molar-refractivity contribution in [3.05, 3.63) is 59.7 Å². The van der Waals surface area contributed by atoms with Crippen molar-refractivity contribution in [3.8, 4) is 11.5 Å². The third-order valence-corrected chi connectivity index (χ3v) is 2.83. The van der Waals surface area contributed by atoms with Crippen LogP contribution in [0.2, 0.25) is 0 Å². The molecule has 0 saturated carbocycles. The van der Waals surface area contributed by atoms with Gasteiger partial charge in [0, 0.05) is 93.0 Å². The number of aliphatic hydroxyl groups excluding tert-OH is 2. The standard InChI is InChI=1S/2C8H10O3.3Cd.3H2O/c2*1-11-7-4-2-6(3-5-7)8(9)10;;;;;;/h2*2-5,8-10H,1H3;;;;3*1H2. The fourth-order valence-electron chi connectivity index (χ4n) is 1.55. The molecule has 12 heteroatoms. The van der Waals surface area contributed by atoms with Crippen molar-refractivity contribution in [2.75, 3.05) is 14.2 Å². The van der Waals surface area contributed by atoms with E-state index in [1.807, 2.05) is 0 Å². The first-order valence-corrected chi connectivity index (χ1v) is 6.48. The molecule has 0 radical (unpaired) electrons. The van der Waals surface area contributed by atoms with Crippen molar-refractivity contribution in [2.24, 2.45) is 0 Å². The summed E-state index contributed by atoms with van der Waals surface area (Å²) in [6.45, 7) is 0. The number of aliphatic hydroxyl groups is 4. The molecule has 0 unspecified atom stereocenters. The Morgan fingerprint density at radius 2 is 0.750 bits per heavy atom. The summed E-state index contributed by atoms with van der Waals surface area (Å²) in [5, 5.41) is 34.8. The number of methoxy groups -OCH3 is 2. The first-order valence-electron chi connectivity index (χ1n) is 6.48. The topological polar surface area (TPSA) is 194 Å². The quantitative estimate of drug-likeness (QED) is 0.231. The Kier molecular flexibility index (Phi) is 36.2. The summed E-state index contributed by atoms with van der Waals surface area (Å²) in [6.07, 6.45) is -2.80. The minimum absolute atomic E-state index is 0. The summed E-state index contributed by atoms with van der Waals surface area (Å²) in [5.41, 5.74) is 0.927. The SMILES string of the molecule is COc1ccc(C(O)O)cc1.COc1ccc(C(O)O)cc1.O.O.O.[Cd].[Cd].[Cd]. The van der Waals surface area contributed by atoms with Crippen molar-refractivity contribution in [3.63, 3.8) is 0 Å². The number of benzene rings is 2. The van der Waals surface area contributed by atoms with Gasteiger partial charge in [0.15, 0.2) is 12.6 Å². The maximum absolute atomic E-state index is 8.70. The largest absolute Gasteiger partial charge is 0.497 e. The summed E-state index contributed by atoms with van der Waals surface area (Å²) in [4.78, 5) is 0. The molecule has 0 aliphatic carbocycles. The Labute approximate surface area is 224 Å². The summed E-state index contributed by atoms with van der Waals surface area (Å²) in [6, 6.07) is 13.1. The Bertz CT molecular complexity index is 501. The predicted octanol–water partition coefficient (Wildman–Crippen LogP) is -1.12. The Morgan fingerprint density at radius 3 is 0.893 bits per heavy atom. The zero-order valence-electron chi connectivity index (χ0n) is 16.0. The molecule has 0 amide bonds. The fraction of sp³-hybridized carbons (Fsp3) is 0.250. The van der Waals surface area contributed by atoms with Crippen molar-refractivity contribution in [1.82, 2.24) is 0 Å². The smallest absolute Gasteiger partial charge is 0.178 e. The van der Waals surface area contributed by atoms with E-state index in [9.17, 15) is 0 Å². The van der Waals surface area contributed by atoms with Crippen LogP contribution < -0.4 is 9.47 Å². The maximum Gasteiger partial charge on any atom is 0.178 e. The molecule has 0 spiro atoms. The van der Waals surface area contributed by atoms with Gasteiger partial charge in [0.25, 0.3) is 0 Å². The molecule has 9 nitrogen and oxygen atoms in total. The average molecular weight is 700 g/mol. The molecule has 0 aliphatic rings. The van der Waals surface area contributed by atoms with Gasteiger partial charge in [-0.15, -0.1) is 0 Å². The molecule has 0 saturated heterocycles. The van der Waals surface area contributed by atoms with E-state index in [-0.39, 0.29) is 98.3 Å². The second-order valence-electron chi connectivity index (χ2n) is 4.29. The Balaban J connectivity index is -0.0000000712. The van der Waals surface area contributed by atoms with Crippen LogP contribution in [0.3, 0.4) is 0 Å². The van der Waals surface area contributed by atoms with Crippen molar-refractivity contribution >= 4 is 0 Å². The van der Waals surface area contributed by atoms with Crippen molar-refractivity contribution < 1.29 is 128 Å². The van der Waals surface area contributed by atoms with Crippen LogP contribution in [0.15, 0.2) is 48.5 Å². The van der Waals surface area contributed by atoms with Crippen LogP contribution in [0.5, 0.6) is 11.5 Å². The van der Waals surface area contributed by atoms with E-state index in [4.69, 9.17) is 29.9 Å². The van der Waals surface area contributed by atoms with Crippen LogP contribution in [-0.2, 0) is 81.9 Å². The molecular formula is C16H26Cd3O9. The van der Waals surface area contributed by atoms with Gasteiger partial charge in [0.1, 0.15) is 11.5 Å². The molecule has 28 heavy (non-hydrogen) atoms. The Morgan fingerprint density at radius 1 is 0.536 bits per heavy atom. The van der Waals surface area contributed by atoms with Crippen LogP contribution in [0, 0.1) is 0 Å². The molecule has 150 valence electrons. The fourth-order valence-corrected chi connectivity index (χ4v) is 1.55. The van der Waals surface area contributed by atoms with E-state index >= 15 is 0 Å². The third kappa shape index (κ3) is 16.3. The minimum atomic E-state index is -1.40. The first kappa shape index (κ1) is 42.6. The van der Waals surface area contributed by atoms with Gasteiger partial charge in [-0.1, -0.05) is 24.3 Å². The predicted molar refractivity (Wildman–Crippen MR) is 91.2 cm³/mol. The van der Waals surface area contributed by atoms with Gasteiger partial charge in [0.2, 0.25) is 0 Å². The second kappa shape index (κ2) is 23.8. The molecule has 2 aromatic carbocycles. The van der Waals surface area contributed by atoms with Crippen molar-refractivity contribution in [1.29, 1.82) is 0 Å². The molecule has 0 atom stereocenters. The molecule has 0 fully saturated rings. The zero-order chi connectivity index (χ0) is 16.5. The number of rotatable bonds is 4. The normalized spacial score (nSPS) is 8.00. The van der Waals surface area contributed by atoms with Gasteiger partial charge >= 0.3 is 0 Å². The number of ether oxygens (including phenoxy) is 2. The van der Waals surface area contributed by atoms with Gasteiger partial charge < -0.3 is 46.3 Å². The monoisotopic (exact) mass is 704 g/mol. The van der Waals surface area contributed by atoms with Gasteiger partial charge in [-0.3, -0.25) is 0 Å². The zero-order valence-corrected chi connectivity index (χ0v) is 28.1. The van der Waals surface area contributed by atoms with Crippen LogP contribution in [0.25, 0.3) is 0 Å². The van der Waals surface area contributed by atoms with Crippen LogP contribution in [0.4, 0.5) is 0 Å². The van der Waals surface area contributed by atoms with E-state index < -0.39 is 12.6 Å². The summed E-state index contributed by atoms with van der Waals surface area (Å²) in [7, 11) is 3.12. The van der Waals surface area contributed by atoms with E-state index in [0.717, 1.165) is 0 Å². The summed E-state index contributed by atoms with van der Waals surface area (Å²) < 4.78 is 9.77. The third-order valence-electron chi connectivity index (χ3n) is 2.83. The van der Waals surface area contributed by atoms with Crippen LogP contribution in [-0.4, -0.2) is 51.1 Å². The first-order chi connectivity index (χ1) is 10.5. The van der Waals surface area contributed by atoms with Crippen LogP contribution >= 0.6 is 0 Å². The number of hydrogen-bond acceptors (Lipinski definition) is 6. The van der Waals surface area contributed by atoms with Crippen molar-refractivity contribution in [2.45, 2.75) is 12.6 Å². The molecule has 0 bridgehead atoms. The van der Waals surface area contributed by atoms with Gasteiger partial charge in [-0.2, -0.15) is 0 Å². The van der Waals surface area contributed by atoms with E-state index in [2.05, 4.69) is 0 Å².